The lowest BCUT2D eigenvalue weighted by molar-refractivity contribution is -0.146. The number of ether oxygens (including phenoxy) is 3. The van der Waals surface area contributed by atoms with Gasteiger partial charge in [-0.1, -0.05) is 0 Å². The van der Waals surface area contributed by atoms with E-state index in [1.807, 2.05) is 0 Å². The Labute approximate surface area is 179 Å². The molecule has 0 bridgehead atoms. The van der Waals surface area contributed by atoms with Crippen LogP contribution in [-0.2, 0) is 19.4 Å². The van der Waals surface area contributed by atoms with Crippen LogP contribution in [0.15, 0.2) is 58.3 Å². The predicted octanol–water partition coefficient (Wildman–Crippen LogP) is 1.80. The van der Waals surface area contributed by atoms with Crippen molar-refractivity contribution in [3.63, 3.8) is 0 Å². The van der Waals surface area contributed by atoms with Crippen molar-refractivity contribution in [1.82, 2.24) is 0 Å². The fraction of sp³-hybridized carbons (Fsp3) is 0.350. The fourth-order valence-corrected chi connectivity index (χ4v) is 3.76. The van der Waals surface area contributed by atoms with Crippen LogP contribution in [0.4, 0.5) is 0 Å². The summed E-state index contributed by atoms with van der Waals surface area (Å²) in [6.45, 7) is 0.784. The average molecular weight is 459 g/mol. The Bertz CT molecular complexity index is 913. The zero-order valence-electron chi connectivity index (χ0n) is 16.2. The Morgan fingerprint density at radius 1 is 0.967 bits per heavy atom. The van der Waals surface area contributed by atoms with Gasteiger partial charge in [-0.2, -0.15) is 0 Å². The highest BCUT2D eigenvalue weighted by Crippen LogP contribution is 2.25. The van der Waals surface area contributed by atoms with Crippen molar-refractivity contribution in [3.05, 3.63) is 48.5 Å². The van der Waals surface area contributed by atoms with Gasteiger partial charge in [0.1, 0.15) is 36.9 Å². The topological polar surface area (TPSA) is 119 Å². The first-order valence-electron chi connectivity index (χ1n) is 8.99. The molecule has 2 aromatic carbocycles. The normalized spacial score (nSPS) is 13.3. The number of sulfone groups is 1. The third-order valence-corrected chi connectivity index (χ3v) is 5.99. The molecule has 2 rings (SSSR count). The van der Waals surface area contributed by atoms with Gasteiger partial charge in [0, 0.05) is 6.92 Å². The summed E-state index contributed by atoms with van der Waals surface area (Å²) < 4.78 is 41.3. The van der Waals surface area contributed by atoms with Crippen molar-refractivity contribution in [1.29, 1.82) is 0 Å². The molecule has 2 aromatic rings. The van der Waals surface area contributed by atoms with Gasteiger partial charge in [0.05, 0.1) is 22.3 Å². The minimum absolute atomic E-state index is 0.0433. The summed E-state index contributed by atoms with van der Waals surface area (Å²) >= 11 is 5.72. The predicted molar refractivity (Wildman–Crippen MR) is 109 cm³/mol. The van der Waals surface area contributed by atoms with E-state index in [0.29, 0.717) is 11.5 Å². The molecule has 10 heteroatoms. The number of benzene rings is 2. The molecule has 2 atom stereocenters. The SMILES string of the molecule is CC(=O)O[C@H](CCl)COc1ccc(S(=O)(=O)c2ccc(OC[C@@H](O)CO)cc2)cc1. The summed E-state index contributed by atoms with van der Waals surface area (Å²) in [5.41, 5.74) is 0. The van der Waals surface area contributed by atoms with Crippen LogP contribution < -0.4 is 9.47 Å². The van der Waals surface area contributed by atoms with E-state index in [1.54, 1.807) is 0 Å². The van der Waals surface area contributed by atoms with Gasteiger partial charge in [0.2, 0.25) is 9.84 Å². The number of hydrogen-bond acceptors (Lipinski definition) is 8. The molecule has 0 unspecified atom stereocenters. The number of aliphatic hydroxyl groups excluding tert-OH is 2. The highest BCUT2D eigenvalue weighted by atomic mass is 35.5. The minimum Gasteiger partial charge on any atom is -0.491 e. The summed E-state index contributed by atoms with van der Waals surface area (Å²) in [6.07, 6.45) is -1.62. The number of carbonyl (C=O) groups is 1. The lowest BCUT2D eigenvalue weighted by Crippen LogP contribution is -2.25. The molecule has 8 nitrogen and oxygen atoms in total. The molecule has 0 heterocycles. The lowest BCUT2D eigenvalue weighted by atomic mass is 10.3. The van der Waals surface area contributed by atoms with Crippen LogP contribution in [-0.4, -0.2) is 62.5 Å². The maximum Gasteiger partial charge on any atom is 0.303 e. The lowest BCUT2D eigenvalue weighted by Gasteiger charge is -2.15. The first kappa shape index (κ1) is 23.9. The molecule has 164 valence electrons. The Morgan fingerprint density at radius 3 is 1.83 bits per heavy atom. The zero-order chi connectivity index (χ0) is 22.1. The Hall–Kier alpha value is -2.33. The first-order chi connectivity index (χ1) is 14.3. The summed E-state index contributed by atoms with van der Waals surface area (Å²) in [6, 6.07) is 11.5. The number of halogens is 1. The number of rotatable bonds is 11. The monoisotopic (exact) mass is 458 g/mol. The maximum atomic E-state index is 12.8. The van der Waals surface area contributed by atoms with Crippen molar-refractivity contribution in [3.8, 4) is 11.5 Å². The van der Waals surface area contributed by atoms with E-state index in [-0.39, 0.29) is 28.9 Å². The molecule has 0 aliphatic rings. The quantitative estimate of drug-likeness (QED) is 0.386. The fourth-order valence-electron chi connectivity index (χ4n) is 2.35. The number of aliphatic hydroxyl groups is 2. The van der Waals surface area contributed by atoms with Gasteiger partial charge in [-0.15, -0.1) is 11.6 Å². The molecule has 0 spiro atoms. The van der Waals surface area contributed by atoms with E-state index in [2.05, 4.69) is 0 Å². The maximum absolute atomic E-state index is 12.8. The molecular formula is C20H23ClO8S. The first-order valence-corrected chi connectivity index (χ1v) is 11.0. The van der Waals surface area contributed by atoms with Crippen molar-refractivity contribution in [2.75, 3.05) is 25.7 Å². The molecule has 2 N–H and O–H groups in total. The van der Waals surface area contributed by atoms with Gasteiger partial charge in [0.15, 0.2) is 0 Å². The summed E-state index contributed by atoms with van der Waals surface area (Å²) in [7, 11) is -3.75. The van der Waals surface area contributed by atoms with E-state index >= 15 is 0 Å². The number of carbonyl (C=O) groups excluding carboxylic acids is 1. The molecule has 0 saturated heterocycles. The van der Waals surface area contributed by atoms with Crippen LogP contribution in [0, 0.1) is 0 Å². The highest BCUT2D eigenvalue weighted by molar-refractivity contribution is 7.91. The van der Waals surface area contributed by atoms with E-state index in [0.717, 1.165) is 0 Å². The molecule has 30 heavy (non-hydrogen) atoms. The van der Waals surface area contributed by atoms with Crippen LogP contribution in [0.5, 0.6) is 11.5 Å². The van der Waals surface area contributed by atoms with E-state index in [9.17, 15) is 18.3 Å². The second kappa shape index (κ2) is 11.2. The van der Waals surface area contributed by atoms with Crippen LogP contribution in [0.1, 0.15) is 6.92 Å². The number of hydrogen-bond donors (Lipinski definition) is 2. The Morgan fingerprint density at radius 2 is 1.43 bits per heavy atom. The van der Waals surface area contributed by atoms with Gasteiger partial charge < -0.3 is 24.4 Å². The molecular weight excluding hydrogens is 436 g/mol. The van der Waals surface area contributed by atoms with Crippen LogP contribution in [0.3, 0.4) is 0 Å². The van der Waals surface area contributed by atoms with Gasteiger partial charge in [-0.25, -0.2) is 8.42 Å². The molecule has 0 aliphatic carbocycles. The minimum atomic E-state index is -3.75. The van der Waals surface area contributed by atoms with Crippen molar-refractivity contribution in [2.45, 2.75) is 28.9 Å². The molecule has 0 fully saturated rings. The van der Waals surface area contributed by atoms with E-state index in [4.69, 9.17) is 30.9 Å². The zero-order valence-corrected chi connectivity index (χ0v) is 17.8. The molecule has 0 radical (unpaired) electrons. The molecule has 0 aromatic heterocycles. The smallest absolute Gasteiger partial charge is 0.303 e. The third-order valence-electron chi connectivity index (χ3n) is 3.86. The summed E-state index contributed by atoms with van der Waals surface area (Å²) in [4.78, 5) is 11.1. The second-order valence-electron chi connectivity index (χ2n) is 6.29. The molecule has 0 aliphatic heterocycles. The molecule has 0 amide bonds. The average Bonchev–Trinajstić information content (AvgIpc) is 2.75. The Kier molecular flexibility index (Phi) is 8.91. The van der Waals surface area contributed by atoms with E-state index < -0.39 is 34.6 Å². The summed E-state index contributed by atoms with van der Waals surface area (Å²) in [5, 5.41) is 18.1. The van der Waals surface area contributed by atoms with E-state index in [1.165, 1.54) is 55.5 Å². The van der Waals surface area contributed by atoms with Crippen molar-refractivity contribution < 1.29 is 37.6 Å². The summed E-state index contributed by atoms with van der Waals surface area (Å²) in [5.74, 6) is 0.381. The van der Waals surface area contributed by atoms with Gasteiger partial charge in [0.25, 0.3) is 0 Å². The van der Waals surface area contributed by atoms with Crippen molar-refractivity contribution >= 4 is 27.4 Å². The standard InChI is InChI=1S/C20H23ClO8S/c1-14(23)29-18(10-21)13-28-17-4-8-20(9-5-17)30(25,26)19-6-2-16(3-7-19)27-12-15(24)11-22/h2-9,15,18,22,24H,10-13H2,1H3/t15-,18+/m0/s1. The van der Waals surface area contributed by atoms with Crippen LogP contribution in [0.25, 0.3) is 0 Å². The second-order valence-corrected chi connectivity index (χ2v) is 8.55. The van der Waals surface area contributed by atoms with Crippen LogP contribution >= 0.6 is 11.6 Å². The molecule has 0 saturated carbocycles. The van der Waals surface area contributed by atoms with Crippen molar-refractivity contribution in [2.24, 2.45) is 0 Å². The largest absolute Gasteiger partial charge is 0.491 e. The Balaban J connectivity index is 2.03. The number of esters is 1. The van der Waals surface area contributed by atoms with Gasteiger partial charge >= 0.3 is 5.97 Å². The number of alkyl halides is 1. The van der Waals surface area contributed by atoms with Gasteiger partial charge in [-0.3, -0.25) is 4.79 Å². The van der Waals surface area contributed by atoms with Crippen LogP contribution in [0.2, 0.25) is 0 Å². The third kappa shape index (κ3) is 6.88. The highest BCUT2D eigenvalue weighted by Gasteiger charge is 2.18. The van der Waals surface area contributed by atoms with Gasteiger partial charge in [-0.05, 0) is 48.5 Å².